The summed E-state index contributed by atoms with van der Waals surface area (Å²) in [7, 11) is 1.56. The lowest BCUT2D eigenvalue weighted by Crippen LogP contribution is -2.24. The topological polar surface area (TPSA) is 27.0 Å². The van der Waals surface area contributed by atoms with Gasteiger partial charge in [0.15, 0.2) is 0 Å². The van der Waals surface area contributed by atoms with Crippen LogP contribution >= 0.6 is 0 Å². The summed E-state index contributed by atoms with van der Waals surface area (Å²) in [5, 5.41) is 8.83. The van der Waals surface area contributed by atoms with Crippen molar-refractivity contribution in [3.05, 3.63) is 29.3 Å². The average molecular weight is 210 g/mol. The Labute approximate surface area is 87.7 Å². The molecular weight excluding hydrogens is 198 g/mol. The van der Waals surface area contributed by atoms with Crippen LogP contribution < -0.4 is 4.90 Å². The molecule has 80 valence electrons. The average Bonchev–Trinajstić information content (AvgIpc) is 2.16. The molecule has 0 bridgehead atoms. The summed E-state index contributed by atoms with van der Waals surface area (Å²) in [5.74, 6) is 0. The Hall–Kier alpha value is -1.63. The highest BCUT2D eigenvalue weighted by molar-refractivity contribution is 5.60. The summed E-state index contributed by atoms with van der Waals surface area (Å²) in [6.07, 6.45) is -2.40. The van der Waals surface area contributed by atoms with Crippen LogP contribution in [-0.4, -0.2) is 20.0 Å². The Morgan fingerprint density at radius 3 is 2.67 bits per heavy atom. The lowest BCUT2D eigenvalue weighted by Gasteiger charge is -2.20. The van der Waals surface area contributed by atoms with Crippen LogP contribution in [0.25, 0.3) is 0 Å². The third-order valence-corrected chi connectivity index (χ3v) is 2.10. The van der Waals surface area contributed by atoms with Crippen LogP contribution in [0.3, 0.4) is 0 Å². The SMILES string of the molecule is Cc1ccc(C#N)c(N(C)CC(F)F)c1. The highest BCUT2D eigenvalue weighted by Crippen LogP contribution is 2.21. The summed E-state index contributed by atoms with van der Waals surface area (Å²) in [4.78, 5) is 1.40. The number of alkyl halides is 2. The molecule has 0 aliphatic carbocycles. The Morgan fingerprint density at radius 1 is 1.47 bits per heavy atom. The minimum absolute atomic E-state index is 0.363. The van der Waals surface area contributed by atoms with Crippen molar-refractivity contribution in [3.63, 3.8) is 0 Å². The van der Waals surface area contributed by atoms with Gasteiger partial charge in [-0.15, -0.1) is 0 Å². The van der Waals surface area contributed by atoms with Crippen LogP contribution in [0, 0.1) is 18.3 Å². The Morgan fingerprint density at radius 2 is 2.13 bits per heavy atom. The highest BCUT2D eigenvalue weighted by atomic mass is 19.3. The second-order valence-electron chi connectivity index (χ2n) is 3.40. The van der Waals surface area contributed by atoms with E-state index in [0.717, 1.165) is 5.56 Å². The van der Waals surface area contributed by atoms with Crippen molar-refractivity contribution in [2.24, 2.45) is 0 Å². The van der Waals surface area contributed by atoms with Crippen molar-refractivity contribution in [2.45, 2.75) is 13.3 Å². The molecule has 4 heteroatoms. The van der Waals surface area contributed by atoms with Crippen LogP contribution in [0.4, 0.5) is 14.5 Å². The standard InChI is InChI=1S/C11H12F2N2/c1-8-3-4-9(6-14)10(5-8)15(2)7-11(12)13/h3-5,11H,7H2,1-2H3. The second-order valence-corrected chi connectivity index (χ2v) is 3.40. The summed E-state index contributed by atoms with van der Waals surface area (Å²) in [5.41, 5.74) is 1.92. The van der Waals surface area contributed by atoms with Gasteiger partial charge in [-0.25, -0.2) is 8.78 Å². The normalized spacial score (nSPS) is 10.1. The predicted molar refractivity (Wildman–Crippen MR) is 55.2 cm³/mol. The lowest BCUT2D eigenvalue weighted by molar-refractivity contribution is 0.156. The monoisotopic (exact) mass is 210 g/mol. The van der Waals surface area contributed by atoms with Gasteiger partial charge in [0.25, 0.3) is 6.43 Å². The smallest absolute Gasteiger partial charge is 0.255 e. The number of hydrogen-bond donors (Lipinski definition) is 0. The van der Waals surface area contributed by atoms with Crippen molar-refractivity contribution < 1.29 is 8.78 Å². The molecule has 0 unspecified atom stereocenters. The molecule has 15 heavy (non-hydrogen) atoms. The summed E-state index contributed by atoms with van der Waals surface area (Å²) >= 11 is 0. The first-order valence-corrected chi connectivity index (χ1v) is 4.54. The van der Waals surface area contributed by atoms with Gasteiger partial charge in [0.1, 0.15) is 6.07 Å². The minimum Gasteiger partial charge on any atom is -0.368 e. The van der Waals surface area contributed by atoms with Gasteiger partial charge in [-0.05, 0) is 24.6 Å². The number of rotatable bonds is 3. The minimum atomic E-state index is -2.40. The molecule has 0 N–H and O–H groups in total. The van der Waals surface area contributed by atoms with Crippen LogP contribution in [0.1, 0.15) is 11.1 Å². The van der Waals surface area contributed by atoms with E-state index in [-0.39, 0.29) is 6.54 Å². The zero-order valence-electron chi connectivity index (χ0n) is 8.67. The third-order valence-electron chi connectivity index (χ3n) is 2.10. The van der Waals surface area contributed by atoms with E-state index in [9.17, 15) is 8.78 Å². The fourth-order valence-electron chi connectivity index (χ4n) is 1.36. The maximum Gasteiger partial charge on any atom is 0.255 e. The molecule has 0 saturated heterocycles. The Bertz CT molecular complexity index is 383. The van der Waals surface area contributed by atoms with E-state index in [0.29, 0.717) is 11.3 Å². The molecule has 1 aromatic carbocycles. The van der Waals surface area contributed by atoms with Gasteiger partial charge in [-0.1, -0.05) is 6.07 Å². The number of anilines is 1. The summed E-state index contributed by atoms with van der Waals surface area (Å²) < 4.78 is 24.4. The maximum atomic E-state index is 12.2. The van der Waals surface area contributed by atoms with Crippen molar-refractivity contribution in [1.29, 1.82) is 5.26 Å². The molecule has 0 aliphatic heterocycles. The lowest BCUT2D eigenvalue weighted by atomic mass is 10.1. The second kappa shape index (κ2) is 4.74. The van der Waals surface area contributed by atoms with Gasteiger partial charge in [0.2, 0.25) is 0 Å². The van der Waals surface area contributed by atoms with E-state index in [1.54, 1.807) is 25.2 Å². The third kappa shape index (κ3) is 2.91. The first-order valence-electron chi connectivity index (χ1n) is 4.54. The largest absolute Gasteiger partial charge is 0.368 e. The number of benzene rings is 1. The number of hydrogen-bond acceptors (Lipinski definition) is 2. The quantitative estimate of drug-likeness (QED) is 0.766. The predicted octanol–water partition coefficient (Wildman–Crippen LogP) is 2.57. The van der Waals surface area contributed by atoms with E-state index >= 15 is 0 Å². The number of aryl methyl sites for hydroxylation is 1. The van der Waals surface area contributed by atoms with E-state index in [2.05, 4.69) is 0 Å². The van der Waals surface area contributed by atoms with Gasteiger partial charge in [-0.3, -0.25) is 0 Å². The van der Waals surface area contributed by atoms with Gasteiger partial charge < -0.3 is 4.90 Å². The van der Waals surface area contributed by atoms with Crippen molar-refractivity contribution >= 4 is 5.69 Å². The van der Waals surface area contributed by atoms with E-state index in [4.69, 9.17) is 5.26 Å². The summed E-state index contributed by atoms with van der Waals surface area (Å²) in [6.45, 7) is 1.50. The van der Waals surface area contributed by atoms with Crippen molar-refractivity contribution in [1.82, 2.24) is 0 Å². The van der Waals surface area contributed by atoms with Gasteiger partial charge >= 0.3 is 0 Å². The maximum absolute atomic E-state index is 12.2. The number of nitriles is 1. The molecule has 0 spiro atoms. The van der Waals surface area contributed by atoms with Gasteiger partial charge in [0, 0.05) is 7.05 Å². The van der Waals surface area contributed by atoms with Crippen molar-refractivity contribution in [3.8, 4) is 6.07 Å². The summed E-state index contributed by atoms with van der Waals surface area (Å²) in [6, 6.07) is 7.16. The molecular formula is C11H12F2N2. The first kappa shape index (κ1) is 11.4. The molecule has 0 saturated carbocycles. The molecule has 0 heterocycles. The number of nitrogens with zero attached hydrogens (tertiary/aromatic N) is 2. The Kier molecular flexibility index (Phi) is 3.62. The zero-order valence-corrected chi connectivity index (χ0v) is 8.67. The van der Waals surface area contributed by atoms with Crippen molar-refractivity contribution in [2.75, 3.05) is 18.5 Å². The van der Waals surface area contributed by atoms with Gasteiger partial charge in [0.05, 0.1) is 17.8 Å². The molecule has 0 aromatic heterocycles. The van der Waals surface area contributed by atoms with Crippen LogP contribution in [0.5, 0.6) is 0 Å². The van der Waals surface area contributed by atoms with E-state index in [1.165, 1.54) is 4.90 Å². The number of halogens is 2. The van der Waals surface area contributed by atoms with Crippen LogP contribution in [0.2, 0.25) is 0 Å². The molecule has 0 atom stereocenters. The molecule has 0 aliphatic rings. The van der Waals surface area contributed by atoms with Gasteiger partial charge in [-0.2, -0.15) is 5.26 Å². The molecule has 0 radical (unpaired) electrons. The van der Waals surface area contributed by atoms with E-state index < -0.39 is 6.43 Å². The van der Waals surface area contributed by atoms with E-state index in [1.807, 2.05) is 13.0 Å². The highest BCUT2D eigenvalue weighted by Gasteiger charge is 2.12. The zero-order chi connectivity index (χ0) is 11.4. The van der Waals surface area contributed by atoms with Crippen LogP contribution in [-0.2, 0) is 0 Å². The van der Waals surface area contributed by atoms with Crippen LogP contribution in [0.15, 0.2) is 18.2 Å². The molecule has 2 nitrogen and oxygen atoms in total. The fraction of sp³-hybridized carbons (Fsp3) is 0.364. The Balaban J connectivity index is 3.01. The molecule has 0 fully saturated rings. The first-order chi connectivity index (χ1) is 7.04. The molecule has 0 amide bonds. The molecule has 1 aromatic rings. The molecule has 1 rings (SSSR count). The fourth-order valence-corrected chi connectivity index (χ4v) is 1.36.